The van der Waals surface area contributed by atoms with Gasteiger partial charge in [-0.05, 0) is 41.6 Å². The summed E-state index contributed by atoms with van der Waals surface area (Å²) in [6.45, 7) is 2.89. The molecule has 2 nitrogen and oxygen atoms in total. The second-order valence-corrected chi connectivity index (χ2v) is 5.74. The van der Waals surface area contributed by atoms with Crippen molar-refractivity contribution in [3.63, 3.8) is 0 Å². The third-order valence-electron chi connectivity index (χ3n) is 4.25. The van der Waals surface area contributed by atoms with E-state index >= 15 is 0 Å². The van der Waals surface area contributed by atoms with Gasteiger partial charge in [-0.1, -0.05) is 55.8 Å². The first kappa shape index (κ1) is 15.7. The van der Waals surface area contributed by atoms with Gasteiger partial charge in [-0.15, -0.1) is 0 Å². The number of rotatable bonds is 8. The Labute approximate surface area is 127 Å². The van der Waals surface area contributed by atoms with Crippen LogP contribution in [0.5, 0.6) is 0 Å². The Hall–Kier alpha value is -1.67. The molecule has 112 valence electrons. The van der Waals surface area contributed by atoms with E-state index < -0.39 is 0 Å². The van der Waals surface area contributed by atoms with E-state index in [1.165, 1.54) is 10.8 Å². The van der Waals surface area contributed by atoms with E-state index in [1.807, 2.05) is 18.2 Å². The number of carbonyl (C=O) groups is 1. The number of fused-ring (bicyclic) bond motifs is 1. The summed E-state index contributed by atoms with van der Waals surface area (Å²) in [5.41, 5.74) is 6.76. The third-order valence-corrected chi connectivity index (χ3v) is 4.25. The molecule has 1 atom stereocenters. The Balaban J connectivity index is 1.98. The van der Waals surface area contributed by atoms with Crippen LogP contribution in [-0.4, -0.2) is 12.3 Å². The molecule has 0 aromatic heterocycles. The smallest absolute Gasteiger partial charge is 0.137 e. The van der Waals surface area contributed by atoms with Crippen LogP contribution in [0.2, 0.25) is 0 Å². The average Bonchev–Trinajstić information content (AvgIpc) is 2.52. The van der Waals surface area contributed by atoms with Crippen molar-refractivity contribution < 1.29 is 4.79 Å². The van der Waals surface area contributed by atoms with Gasteiger partial charge in [0.1, 0.15) is 5.78 Å². The molecule has 21 heavy (non-hydrogen) atoms. The van der Waals surface area contributed by atoms with Crippen molar-refractivity contribution in [3.05, 3.63) is 48.0 Å². The fourth-order valence-corrected chi connectivity index (χ4v) is 2.90. The maximum Gasteiger partial charge on any atom is 0.137 e. The molecule has 2 aromatic rings. The lowest BCUT2D eigenvalue weighted by Crippen LogP contribution is -2.11. The molecule has 0 aliphatic rings. The van der Waals surface area contributed by atoms with Crippen LogP contribution in [0.1, 0.15) is 38.2 Å². The summed E-state index contributed by atoms with van der Waals surface area (Å²) in [5, 5.41) is 2.40. The highest BCUT2D eigenvalue weighted by Gasteiger charge is 2.11. The lowest BCUT2D eigenvalue weighted by Gasteiger charge is -2.13. The van der Waals surface area contributed by atoms with Gasteiger partial charge < -0.3 is 5.73 Å². The first-order valence-corrected chi connectivity index (χ1v) is 7.93. The van der Waals surface area contributed by atoms with Crippen molar-refractivity contribution >= 4 is 16.6 Å². The molecule has 0 amide bonds. The largest absolute Gasteiger partial charge is 0.330 e. The predicted octanol–water partition coefficient (Wildman–Crippen LogP) is 4.11. The first-order valence-electron chi connectivity index (χ1n) is 7.93. The molecular weight excluding hydrogens is 258 g/mol. The average molecular weight is 283 g/mol. The molecule has 0 saturated heterocycles. The van der Waals surface area contributed by atoms with Gasteiger partial charge in [0.05, 0.1) is 0 Å². The summed E-state index contributed by atoms with van der Waals surface area (Å²) >= 11 is 0. The molecule has 2 rings (SSSR count). The molecular formula is C19H25NO. The molecule has 2 N–H and O–H groups in total. The number of nitrogens with two attached hydrogens (primary N) is 1. The third kappa shape index (κ3) is 4.40. The molecule has 2 aromatic carbocycles. The van der Waals surface area contributed by atoms with Crippen molar-refractivity contribution in [1.29, 1.82) is 0 Å². The number of carbonyl (C=O) groups excluding carboxylic acids is 1. The zero-order valence-corrected chi connectivity index (χ0v) is 12.8. The van der Waals surface area contributed by atoms with Crippen molar-refractivity contribution in [2.45, 2.75) is 39.0 Å². The standard InChI is InChI=1S/C19H25NO/c1-2-15(12-13-20)10-11-18(21)14-17-8-5-7-16-6-3-4-9-19(16)17/h3-9,15H,2,10-14,20H2,1H3. The molecule has 0 saturated carbocycles. The van der Waals surface area contributed by atoms with Crippen molar-refractivity contribution in [3.8, 4) is 0 Å². The van der Waals surface area contributed by atoms with Crippen molar-refractivity contribution in [2.75, 3.05) is 6.54 Å². The monoisotopic (exact) mass is 283 g/mol. The van der Waals surface area contributed by atoms with Crippen LogP contribution in [0.4, 0.5) is 0 Å². The maximum absolute atomic E-state index is 12.2. The highest BCUT2D eigenvalue weighted by atomic mass is 16.1. The van der Waals surface area contributed by atoms with Gasteiger partial charge in [0.25, 0.3) is 0 Å². The second kappa shape index (κ2) is 7.94. The quantitative estimate of drug-likeness (QED) is 0.792. The summed E-state index contributed by atoms with van der Waals surface area (Å²) in [5.74, 6) is 0.924. The van der Waals surface area contributed by atoms with Gasteiger partial charge in [-0.25, -0.2) is 0 Å². The van der Waals surface area contributed by atoms with Gasteiger partial charge in [-0.2, -0.15) is 0 Å². The molecule has 2 heteroatoms. The zero-order valence-electron chi connectivity index (χ0n) is 12.8. The molecule has 0 fully saturated rings. The lowest BCUT2D eigenvalue weighted by atomic mass is 9.93. The Morgan fingerprint density at radius 3 is 2.62 bits per heavy atom. The van der Waals surface area contributed by atoms with Gasteiger partial charge >= 0.3 is 0 Å². The minimum atomic E-state index is 0.335. The fraction of sp³-hybridized carbons (Fsp3) is 0.421. The molecule has 0 aliphatic carbocycles. The molecule has 0 heterocycles. The minimum Gasteiger partial charge on any atom is -0.330 e. The van der Waals surface area contributed by atoms with E-state index in [-0.39, 0.29) is 0 Å². The first-order chi connectivity index (χ1) is 10.2. The fourth-order valence-electron chi connectivity index (χ4n) is 2.90. The maximum atomic E-state index is 12.2. The van der Waals surface area contributed by atoms with Crippen LogP contribution in [-0.2, 0) is 11.2 Å². The molecule has 0 radical (unpaired) electrons. The lowest BCUT2D eigenvalue weighted by molar-refractivity contribution is -0.118. The molecule has 0 bridgehead atoms. The van der Waals surface area contributed by atoms with E-state index in [0.29, 0.717) is 24.5 Å². The van der Waals surface area contributed by atoms with Crippen LogP contribution >= 0.6 is 0 Å². The Bertz CT molecular complexity index is 586. The van der Waals surface area contributed by atoms with Gasteiger partial charge in [-0.3, -0.25) is 4.79 Å². The number of hydrogen-bond donors (Lipinski definition) is 1. The topological polar surface area (TPSA) is 43.1 Å². The highest BCUT2D eigenvalue weighted by Crippen LogP contribution is 2.21. The minimum absolute atomic E-state index is 0.335. The number of hydrogen-bond acceptors (Lipinski definition) is 2. The van der Waals surface area contributed by atoms with E-state index in [1.54, 1.807) is 0 Å². The van der Waals surface area contributed by atoms with Crippen LogP contribution in [0.25, 0.3) is 10.8 Å². The Morgan fingerprint density at radius 1 is 1.10 bits per heavy atom. The van der Waals surface area contributed by atoms with Gasteiger partial charge in [0, 0.05) is 12.8 Å². The SMILES string of the molecule is CCC(CCN)CCC(=O)Cc1cccc2ccccc12. The van der Waals surface area contributed by atoms with Crippen LogP contribution < -0.4 is 5.73 Å². The normalized spacial score (nSPS) is 12.5. The van der Waals surface area contributed by atoms with E-state index in [4.69, 9.17) is 5.73 Å². The summed E-state index contributed by atoms with van der Waals surface area (Å²) < 4.78 is 0. The molecule has 1 unspecified atom stereocenters. The zero-order chi connectivity index (χ0) is 15.1. The molecule has 0 aliphatic heterocycles. The van der Waals surface area contributed by atoms with Gasteiger partial charge in [0.2, 0.25) is 0 Å². The van der Waals surface area contributed by atoms with Crippen LogP contribution in [0.15, 0.2) is 42.5 Å². The number of Topliss-reactive ketones (excluding diaryl/α,β-unsaturated/α-hetero) is 1. The second-order valence-electron chi connectivity index (χ2n) is 5.74. The molecule has 0 spiro atoms. The van der Waals surface area contributed by atoms with E-state index in [2.05, 4.69) is 31.2 Å². The van der Waals surface area contributed by atoms with E-state index in [9.17, 15) is 4.79 Å². The number of ketones is 1. The van der Waals surface area contributed by atoms with Crippen molar-refractivity contribution in [2.24, 2.45) is 11.7 Å². The van der Waals surface area contributed by atoms with Crippen molar-refractivity contribution in [1.82, 2.24) is 0 Å². The predicted molar refractivity (Wildman–Crippen MR) is 89.3 cm³/mol. The van der Waals surface area contributed by atoms with E-state index in [0.717, 1.165) is 31.4 Å². The Morgan fingerprint density at radius 2 is 1.86 bits per heavy atom. The summed E-state index contributed by atoms with van der Waals surface area (Å²) in [4.78, 5) is 12.2. The van der Waals surface area contributed by atoms with Crippen LogP contribution in [0.3, 0.4) is 0 Å². The van der Waals surface area contributed by atoms with Gasteiger partial charge in [0.15, 0.2) is 0 Å². The highest BCUT2D eigenvalue weighted by molar-refractivity contribution is 5.90. The summed E-state index contributed by atoms with van der Waals surface area (Å²) in [6, 6.07) is 14.5. The Kier molecular flexibility index (Phi) is 5.94. The summed E-state index contributed by atoms with van der Waals surface area (Å²) in [7, 11) is 0. The van der Waals surface area contributed by atoms with Crippen LogP contribution in [0, 0.1) is 5.92 Å². The summed E-state index contributed by atoms with van der Waals surface area (Å²) in [6.07, 6.45) is 4.32. The number of benzene rings is 2.